The van der Waals surface area contributed by atoms with Crippen molar-refractivity contribution in [2.45, 2.75) is 44.7 Å². The Labute approximate surface area is 133 Å². The predicted molar refractivity (Wildman–Crippen MR) is 90.2 cm³/mol. The van der Waals surface area contributed by atoms with Crippen LogP contribution in [-0.2, 0) is 6.42 Å². The Morgan fingerprint density at radius 1 is 1.33 bits per heavy atom. The smallest absolute Gasteiger partial charge is 0.0642 e. The number of nitrogens with zero attached hydrogens (tertiary/aromatic N) is 2. The Morgan fingerprint density at radius 3 is 2.95 bits per heavy atom. The average Bonchev–Trinajstić information content (AvgIpc) is 2.94. The van der Waals surface area contributed by atoms with Gasteiger partial charge in [-0.25, -0.2) is 0 Å². The summed E-state index contributed by atoms with van der Waals surface area (Å²) in [6.45, 7) is 6.78. The van der Waals surface area contributed by atoms with Crippen molar-refractivity contribution in [1.82, 2.24) is 4.90 Å². The molecule has 3 nitrogen and oxygen atoms in total. The van der Waals surface area contributed by atoms with Gasteiger partial charge in [-0.3, -0.25) is 4.90 Å². The Bertz CT molecular complexity index is 491. The van der Waals surface area contributed by atoms with E-state index in [9.17, 15) is 0 Å². The molecule has 2 aliphatic heterocycles. The fourth-order valence-corrected chi connectivity index (χ4v) is 3.91. The van der Waals surface area contributed by atoms with Crippen LogP contribution in [0.3, 0.4) is 0 Å². The highest BCUT2D eigenvalue weighted by Crippen LogP contribution is 2.31. The molecule has 3 rings (SSSR count). The van der Waals surface area contributed by atoms with Crippen molar-refractivity contribution in [3.8, 4) is 0 Å². The minimum absolute atomic E-state index is 0.231. The third-order valence-electron chi connectivity index (χ3n) is 4.96. The number of fused-ring (bicyclic) bond motifs is 1. The number of halogens is 1. The van der Waals surface area contributed by atoms with Crippen molar-refractivity contribution in [1.29, 1.82) is 0 Å². The average molecular weight is 308 g/mol. The fourth-order valence-electron chi connectivity index (χ4n) is 3.59. The third kappa shape index (κ3) is 3.36. The molecule has 0 aromatic heterocycles. The number of anilines is 1. The van der Waals surface area contributed by atoms with Gasteiger partial charge >= 0.3 is 0 Å². The zero-order valence-electron chi connectivity index (χ0n) is 12.9. The van der Waals surface area contributed by atoms with Gasteiger partial charge in [0.1, 0.15) is 0 Å². The lowest BCUT2D eigenvalue weighted by Gasteiger charge is -2.39. The molecule has 0 aliphatic carbocycles. The zero-order chi connectivity index (χ0) is 14.8. The molecule has 0 bridgehead atoms. The van der Waals surface area contributed by atoms with Crippen molar-refractivity contribution in [3.63, 3.8) is 0 Å². The van der Waals surface area contributed by atoms with Gasteiger partial charge in [-0.05, 0) is 49.9 Å². The molecular formula is C17H26ClN3. The van der Waals surface area contributed by atoms with Crippen LogP contribution in [-0.4, -0.2) is 43.2 Å². The normalized spacial score (nSPS) is 24.1. The largest absolute Gasteiger partial charge is 0.367 e. The topological polar surface area (TPSA) is 32.5 Å². The Balaban J connectivity index is 1.70. The molecule has 0 amide bonds. The fraction of sp³-hybridized carbons (Fsp3) is 0.647. The number of piperazine rings is 1. The Morgan fingerprint density at radius 2 is 2.19 bits per heavy atom. The van der Waals surface area contributed by atoms with Gasteiger partial charge in [0, 0.05) is 31.7 Å². The van der Waals surface area contributed by atoms with E-state index in [4.69, 9.17) is 17.3 Å². The van der Waals surface area contributed by atoms with Crippen molar-refractivity contribution in [2.75, 3.05) is 31.1 Å². The summed E-state index contributed by atoms with van der Waals surface area (Å²) < 4.78 is 0. The van der Waals surface area contributed by atoms with Crippen LogP contribution in [0.25, 0.3) is 0 Å². The van der Waals surface area contributed by atoms with Crippen LogP contribution >= 0.6 is 11.6 Å². The lowest BCUT2D eigenvalue weighted by Crippen LogP contribution is -2.50. The summed E-state index contributed by atoms with van der Waals surface area (Å²) in [6.07, 6.45) is 4.59. The van der Waals surface area contributed by atoms with Gasteiger partial charge in [-0.15, -0.1) is 0 Å². The molecule has 0 saturated carbocycles. The van der Waals surface area contributed by atoms with Crippen LogP contribution < -0.4 is 10.6 Å². The first-order valence-corrected chi connectivity index (χ1v) is 8.58. The molecule has 1 aromatic rings. The molecule has 2 saturated heterocycles. The first-order valence-electron chi connectivity index (χ1n) is 8.20. The van der Waals surface area contributed by atoms with E-state index in [1.165, 1.54) is 37.2 Å². The standard InChI is InChI=1S/C17H26ClN3/c1-2-14(19)10-13-5-6-17(16(18)11-13)21-9-8-20-7-3-4-15(20)12-21/h5-6,11,14-15H,2-4,7-10,12,19H2,1H3. The van der Waals surface area contributed by atoms with Crippen molar-refractivity contribution in [2.24, 2.45) is 5.73 Å². The summed E-state index contributed by atoms with van der Waals surface area (Å²) in [5, 5.41) is 0.877. The van der Waals surface area contributed by atoms with E-state index in [-0.39, 0.29) is 6.04 Å². The molecule has 0 spiro atoms. The van der Waals surface area contributed by atoms with Gasteiger partial charge in [-0.1, -0.05) is 24.6 Å². The number of hydrogen-bond acceptors (Lipinski definition) is 3. The molecule has 116 valence electrons. The molecule has 2 unspecified atom stereocenters. The highest BCUT2D eigenvalue weighted by molar-refractivity contribution is 6.33. The predicted octanol–water partition coefficient (Wildman–Crippen LogP) is 2.90. The van der Waals surface area contributed by atoms with E-state index in [0.717, 1.165) is 37.0 Å². The Hall–Kier alpha value is -0.770. The lowest BCUT2D eigenvalue weighted by molar-refractivity contribution is 0.231. The lowest BCUT2D eigenvalue weighted by atomic mass is 10.0. The van der Waals surface area contributed by atoms with Gasteiger partial charge < -0.3 is 10.6 Å². The molecule has 1 aromatic carbocycles. The number of rotatable bonds is 4. The maximum atomic E-state index is 6.54. The quantitative estimate of drug-likeness (QED) is 0.928. The second-order valence-electron chi connectivity index (χ2n) is 6.44. The van der Waals surface area contributed by atoms with Gasteiger partial charge in [0.05, 0.1) is 10.7 Å². The Kier molecular flexibility index (Phi) is 4.72. The van der Waals surface area contributed by atoms with Crippen LogP contribution in [0, 0.1) is 0 Å². The first kappa shape index (κ1) is 15.1. The summed E-state index contributed by atoms with van der Waals surface area (Å²) in [7, 11) is 0. The maximum Gasteiger partial charge on any atom is 0.0642 e. The molecular weight excluding hydrogens is 282 g/mol. The third-order valence-corrected chi connectivity index (χ3v) is 5.27. The summed E-state index contributed by atoms with van der Waals surface area (Å²) >= 11 is 6.54. The summed E-state index contributed by atoms with van der Waals surface area (Å²) in [4.78, 5) is 5.08. The molecule has 2 aliphatic rings. The van der Waals surface area contributed by atoms with E-state index < -0.39 is 0 Å². The minimum Gasteiger partial charge on any atom is -0.367 e. The van der Waals surface area contributed by atoms with Gasteiger partial charge in [0.2, 0.25) is 0 Å². The second-order valence-corrected chi connectivity index (χ2v) is 6.84. The van der Waals surface area contributed by atoms with E-state index in [0.29, 0.717) is 0 Å². The second kappa shape index (κ2) is 6.55. The van der Waals surface area contributed by atoms with Crippen molar-refractivity contribution in [3.05, 3.63) is 28.8 Å². The molecule has 2 N–H and O–H groups in total. The zero-order valence-corrected chi connectivity index (χ0v) is 13.6. The van der Waals surface area contributed by atoms with Crippen molar-refractivity contribution < 1.29 is 0 Å². The van der Waals surface area contributed by atoms with E-state index in [1.807, 2.05) is 0 Å². The molecule has 21 heavy (non-hydrogen) atoms. The molecule has 2 heterocycles. The highest BCUT2D eigenvalue weighted by Gasteiger charge is 2.31. The maximum absolute atomic E-state index is 6.54. The van der Waals surface area contributed by atoms with Crippen LogP contribution in [0.4, 0.5) is 5.69 Å². The van der Waals surface area contributed by atoms with Crippen molar-refractivity contribution >= 4 is 17.3 Å². The first-order chi connectivity index (χ1) is 10.2. The monoisotopic (exact) mass is 307 g/mol. The molecule has 2 atom stereocenters. The summed E-state index contributed by atoms with van der Waals surface area (Å²) in [5.41, 5.74) is 8.47. The van der Waals surface area contributed by atoms with Crippen LogP contribution in [0.2, 0.25) is 5.02 Å². The van der Waals surface area contributed by atoms with E-state index in [2.05, 4.69) is 34.9 Å². The van der Waals surface area contributed by atoms with Crippen LogP contribution in [0.15, 0.2) is 18.2 Å². The molecule has 2 fully saturated rings. The summed E-state index contributed by atoms with van der Waals surface area (Å²) in [6, 6.07) is 7.44. The van der Waals surface area contributed by atoms with Gasteiger partial charge in [0.25, 0.3) is 0 Å². The van der Waals surface area contributed by atoms with E-state index in [1.54, 1.807) is 0 Å². The van der Waals surface area contributed by atoms with Gasteiger partial charge in [0.15, 0.2) is 0 Å². The van der Waals surface area contributed by atoms with E-state index >= 15 is 0 Å². The van der Waals surface area contributed by atoms with Gasteiger partial charge in [-0.2, -0.15) is 0 Å². The molecule has 4 heteroatoms. The number of benzene rings is 1. The number of hydrogen-bond donors (Lipinski definition) is 1. The van der Waals surface area contributed by atoms with Crippen LogP contribution in [0.1, 0.15) is 31.7 Å². The highest BCUT2D eigenvalue weighted by atomic mass is 35.5. The molecule has 0 radical (unpaired) electrons. The number of nitrogens with two attached hydrogens (primary N) is 1. The summed E-state index contributed by atoms with van der Waals surface area (Å²) in [5.74, 6) is 0. The minimum atomic E-state index is 0.231. The van der Waals surface area contributed by atoms with Crippen LogP contribution in [0.5, 0.6) is 0 Å². The SMILES string of the molecule is CCC(N)Cc1ccc(N2CCN3CCCC3C2)c(Cl)c1.